The number of aromatic nitrogens is 1. The molecule has 2 aromatic rings. The highest BCUT2D eigenvalue weighted by Crippen LogP contribution is 2.48. The lowest BCUT2D eigenvalue weighted by molar-refractivity contribution is 1.24. The zero-order valence-corrected chi connectivity index (χ0v) is 14.0. The molecule has 0 radical (unpaired) electrons. The Morgan fingerprint density at radius 2 is 1.90 bits per heavy atom. The Labute approximate surface area is 137 Å². The summed E-state index contributed by atoms with van der Waals surface area (Å²) in [5.74, 6) is 0.715. The zero-order valence-electron chi connectivity index (χ0n) is 10.1. The molecule has 2 heterocycles. The maximum Gasteiger partial charge on any atom is 0.133 e. The third-order valence-electron chi connectivity index (χ3n) is 2.73. The summed E-state index contributed by atoms with van der Waals surface area (Å²) < 4.78 is 9.34. The van der Waals surface area contributed by atoms with Gasteiger partial charge in [-0.15, -0.1) is 0 Å². The molecule has 0 spiro atoms. The Bertz CT molecular complexity index is 788. The second kappa shape index (κ2) is 5.44. The number of hydrogen-bond acceptors (Lipinski definition) is 4. The summed E-state index contributed by atoms with van der Waals surface area (Å²) in [6.07, 6.45) is 1.72. The van der Waals surface area contributed by atoms with Gasteiger partial charge in [0, 0.05) is 10.7 Å². The number of fused-ring (bicyclic) bond motifs is 1. The molecule has 20 heavy (non-hydrogen) atoms. The molecule has 1 aromatic heterocycles. The molecule has 0 fully saturated rings. The Hall–Kier alpha value is -0.950. The molecule has 102 valence electrons. The van der Waals surface area contributed by atoms with Gasteiger partial charge in [-0.05, 0) is 40.5 Å². The van der Waals surface area contributed by atoms with Crippen LogP contribution in [0.25, 0.3) is 0 Å². The quantitative estimate of drug-likeness (QED) is 0.590. The number of aryl methyl sites for hydroxylation is 1. The topological polar surface area (TPSA) is 49.6 Å². The Morgan fingerprint density at radius 3 is 2.65 bits per heavy atom. The van der Waals surface area contributed by atoms with Crippen molar-refractivity contribution in [1.82, 2.24) is 4.98 Å². The average molecular weight is 390 g/mol. The van der Waals surface area contributed by atoms with Crippen LogP contribution in [0, 0.1) is 6.92 Å². The van der Waals surface area contributed by atoms with E-state index in [0.717, 1.165) is 21.4 Å². The third-order valence-corrected chi connectivity index (χ3v) is 4.28. The van der Waals surface area contributed by atoms with Gasteiger partial charge in [0.1, 0.15) is 17.2 Å². The van der Waals surface area contributed by atoms with Gasteiger partial charge < -0.3 is 5.32 Å². The fourth-order valence-electron chi connectivity index (χ4n) is 1.78. The highest BCUT2D eigenvalue weighted by molar-refractivity contribution is 9.10. The van der Waals surface area contributed by atoms with Crippen LogP contribution in [0.2, 0.25) is 10.0 Å². The molecule has 1 N–H and O–H groups in total. The number of benzene rings is 1. The molecule has 8 heteroatoms. The number of anilines is 2. The molecule has 0 aliphatic carbocycles. The number of halogens is 3. The van der Waals surface area contributed by atoms with Gasteiger partial charge in [-0.2, -0.15) is 8.73 Å². The van der Waals surface area contributed by atoms with Gasteiger partial charge in [-0.3, -0.25) is 0 Å². The molecule has 0 amide bonds. The van der Waals surface area contributed by atoms with E-state index in [2.05, 4.69) is 35.0 Å². The van der Waals surface area contributed by atoms with E-state index in [4.69, 9.17) is 23.2 Å². The van der Waals surface area contributed by atoms with Crippen molar-refractivity contribution >= 4 is 73.4 Å². The molecule has 0 bridgehead atoms. The minimum atomic E-state index is 0.485. The fourth-order valence-corrected chi connectivity index (χ4v) is 3.39. The summed E-state index contributed by atoms with van der Waals surface area (Å²) in [5, 5.41) is 4.18. The van der Waals surface area contributed by atoms with E-state index in [1.165, 1.54) is 0 Å². The first-order valence-corrected chi connectivity index (χ1v) is 7.83. The van der Waals surface area contributed by atoms with Crippen molar-refractivity contribution in [2.24, 2.45) is 8.73 Å². The first-order valence-electron chi connectivity index (χ1n) is 5.55. The normalized spacial score (nSPS) is 12.2. The molecule has 0 atom stereocenters. The van der Waals surface area contributed by atoms with Gasteiger partial charge >= 0.3 is 0 Å². The van der Waals surface area contributed by atoms with E-state index >= 15 is 0 Å². The average Bonchev–Trinajstić information content (AvgIpc) is 2.86. The van der Waals surface area contributed by atoms with Crippen LogP contribution in [0.15, 0.2) is 31.5 Å². The minimum Gasteiger partial charge on any atom is -0.337 e. The highest BCUT2D eigenvalue weighted by Gasteiger charge is 2.19. The van der Waals surface area contributed by atoms with Gasteiger partial charge in [0.25, 0.3) is 0 Å². The molecular formula is C12H7BrCl2N4S. The predicted molar refractivity (Wildman–Crippen MR) is 88.0 cm³/mol. The minimum absolute atomic E-state index is 0.485. The molecule has 0 unspecified atom stereocenters. The van der Waals surface area contributed by atoms with E-state index in [9.17, 15) is 0 Å². The first kappa shape index (κ1) is 14.0. The predicted octanol–water partition coefficient (Wildman–Crippen LogP) is 5.93. The monoisotopic (exact) mass is 388 g/mol. The van der Waals surface area contributed by atoms with Crippen molar-refractivity contribution in [2.45, 2.75) is 6.92 Å². The molecule has 1 aliphatic rings. The number of rotatable bonds is 2. The van der Waals surface area contributed by atoms with Crippen LogP contribution in [0.4, 0.5) is 22.9 Å². The number of nitrogens with one attached hydrogen (secondary N) is 1. The number of hydrogen-bond donors (Lipinski definition) is 1. The molecule has 3 rings (SSSR count). The van der Waals surface area contributed by atoms with E-state index in [1.54, 1.807) is 12.3 Å². The fraction of sp³-hybridized carbons (Fsp3) is 0.0833. The molecule has 0 saturated carbocycles. The Morgan fingerprint density at radius 1 is 1.15 bits per heavy atom. The summed E-state index contributed by atoms with van der Waals surface area (Å²) in [6, 6.07) is 3.62. The molecular weight excluding hydrogens is 383 g/mol. The van der Waals surface area contributed by atoms with Crippen LogP contribution in [-0.4, -0.2) is 4.98 Å². The lowest BCUT2D eigenvalue weighted by Crippen LogP contribution is -1.97. The molecule has 1 aromatic carbocycles. The first-order chi connectivity index (χ1) is 9.56. The Kier molecular flexibility index (Phi) is 3.81. The van der Waals surface area contributed by atoms with Crippen LogP contribution in [0.1, 0.15) is 5.56 Å². The zero-order chi connectivity index (χ0) is 14.3. The van der Waals surface area contributed by atoms with E-state index in [1.807, 2.05) is 13.0 Å². The summed E-state index contributed by atoms with van der Waals surface area (Å²) in [6.45, 7) is 1.96. The van der Waals surface area contributed by atoms with Gasteiger partial charge in [0.15, 0.2) is 0 Å². The highest BCUT2D eigenvalue weighted by atomic mass is 79.9. The van der Waals surface area contributed by atoms with Crippen LogP contribution >= 0.6 is 39.1 Å². The third kappa shape index (κ3) is 2.48. The van der Waals surface area contributed by atoms with Crippen LogP contribution < -0.4 is 5.32 Å². The lowest BCUT2D eigenvalue weighted by atomic mass is 10.2. The second-order valence-corrected chi connectivity index (χ2v) is 6.38. The van der Waals surface area contributed by atoms with Crippen molar-refractivity contribution in [3.05, 3.63) is 38.4 Å². The summed E-state index contributed by atoms with van der Waals surface area (Å²) in [4.78, 5) is 4.33. The summed E-state index contributed by atoms with van der Waals surface area (Å²) in [7, 11) is 0. The molecule has 0 saturated heterocycles. The largest absolute Gasteiger partial charge is 0.337 e. The van der Waals surface area contributed by atoms with Crippen molar-refractivity contribution < 1.29 is 0 Å². The molecule has 4 nitrogen and oxygen atoms in total. The Balaban J connectivity index is 2.08. The summed E-state index contributed by atoms with van der Waals surface area (Å²) in [5.41, 5.74) is 2.94. The van der Waals surface area contributed by atoms with Gasteiger partial charge in [-0.1, -0.05) is 23.2 Å². The van der Waals surface area contributed by atoms with Crippen molar-refractivity contribution in [3.8, 4) is 0 Å². The van der Waals surface area contributed by atoms with E-state index in [0.29, 0.717) is 32.9 Å². The van der Waals surface area contributed by atoms with Crippen molar-refractivity contribution in [2.75, 3.05) is 5.32 Å². The number of nitrogens with zero attached hydrogens (tertiary/aromatic N) is 3. The van der Waals surface area contributed by atoms with Gasteiger partial charge in [0.05, 0.1) is 27.1 Å². The van der Waals surface area contributed by atoms with Crippen molar-refractivity contribution in [1.29, 1.82) is 0 Å². The lowest BCUT2D eigenvalue weighted by Gasteiger charge is -2.13. The smallest absolute Gasteiger partial charge is 0.133 e. The van der Waals surface area contributed by atoms with Crippen LogP contribution in [-0.2, 0) is 11.4 Å². The van der Waals surface area contributed by atoms with Gasteiger partial charge in [-0.25, -0.2) is 4.98 Å². The number of pyridine rings is 1. The maximum absolute atomic E-state index is 6.25. The molecule has 1 aliphatic heterocycles. The maximum atomic E-state index is 6.25. The van der Waals surface area contributed by atoms with E-state index < -0.39 is 0 Å². The van der Waals surface area contributed by atoms with Crippen molar-refractivity contribution in [3.63, 3.8) is 0 Å². The summed E-state index contributed by atoms with van der Waals surface area (Å²) >= 11 is 16.8. The van der Waals surface area contributed by atoms with Gasteiger partial charge in [0.2, 0.25) is 0 Å². The standard InChI is InChI=1S/C12H7BrCl2N4S/c1-5-2-6(13)4-16-12(5)17-9-7(14)3-8(15)10-11(9)19-20-18-10/h2-4H,1H3,(H,16,17). The van der Waals surface area contributed by atoms with Crippen LogP contribution in [0.5, 0.6) is 0 Å². The van der Waals surface area contributed by atoms with Crippen LogP contribution in [0.3, 0.4) is 0 Å². The SMILES string of the molecule is Cc1cc(Br)cnc1Nc1c(Cl)cc(Cl)c2c1N=S=N2. The second-order valence-electron chi connectivity index (χ2n) is 4.12. The van der Waals surface area contributed by atoms with E-state index in [-0.39, 0.29) is 0 Å².